The molecule has 2 atom stereocenters. The fourth-order valence-electron chi connectivity index (χ4n) is 8.04. The minimum absolute atomic E-state index is 0. The van der Waals surface area contributed by atoms with Gasteiger partial charge in [-0.15, -0.1) is 0 Å². The zero-order valence-electron chi connectivity index (χ0n) is 32.9. The third-order valence-corrected chi connectivity index (χ3v) is 15.1. The molecule has 0 aliphatic heterocycles. The molecule has 0 bridgehead atoms. The van der Waals surface area contributed by atoms with Crippen molar-refractivity contribution in [3.8, 4) is 0 Å². The molecular formula is C50H54FeP2. The van der Waals surface area contributed by atoms with Crippen LogP contribution in [-0.2, 0) is 17.1 Å². The van der Waals surface area contributed by atoms with E-state index in [0.29, 0.717) is 11.6 Å². The molecule has 3 heteroatoms. The summed E-state index contributed by atoms with van der Waals surface area (Å²) in [6.45, 7) is 20.4. The molecule has 0 nitrogen and oxygen atoms in total. The van der Waals surface area contributed by atoms with Crippen LogP contribution in [0, 0.1) is 61.3 Å². The minimum atomic E-state index is -0.770. The van der Waals surface area contributed by atoms with Gasteiger partial charge in [0.15, 0.2) is 0 Å². The molecule has 0 aromatic heterocycles. The molecule has 0 N–H and O–H groups in total. The maximum absolute atomic E-state index is 2.51. The van der Waals surface area contributed by atoms with Gasteiger partial charge >= 0.3 is 0 Å². The first-order chi connectivity index (χ1) is 25.0. The average Bonchev–Trinajstić information content (AvgIpc) is 3.80. The van der Waals surface area contributed by atoms with Crippen LogP contribution in [0.1, 0.15) is 63.4 Å². The Labute approximate surface area is 333 Å². The van der Waals surface area contributed by atoms with E-state index in [0.717, 1.165) is 6.42 Å². The van der Waals surface area contributed by atoms with Crippen molar-refractivity contribution in [2.75, 3.05) is 0 Å². The van der Waals surface area contributed by atoms with Gasteiger partial charge in [0.25, 0.3) is 0 Å². The van der Waals surface area contributed by atoms with Crippen LogP contribution in [-0.4, -0.2) is 5.66 Å². The van der Waals surface area contributed by atoms with Crippen LogP contribution >= 0.6 is 15.8 Å². The summed E-state index contributed by atoms with van der Waals surface area (Å²) < 4.78 is 0. The third-order valence-electron chi connectivity index (χ3n) is 9.89. The molecule has 0 saturated heterocycles. The first kappa shape index (κ1) is 40.6. The van der Waals surface area contributed by atoms with E-state index in [9.17, 15) is 0 Å². The van der Waals surface area contributed by atoms with Gasteiger partial charge in [0.05, 0.1) is 0 Å². The Balaban J connectivity index is 0.000000833. The normalized spacial score (nSPS) is 15.0. The van der Waals surface area contributed by atoms with Gasteiger partial charge in [-0.25, -0.2) is 0 Å². The van der Waals surface area contributed by atoms with Gasteiger partial charge in [-0.3, -0.25) is 0 Å². The molecule has 1 unspecified atom stereocenters. The van der Waals surface area contributed by atoms with E-state index >= 15 is 0 Å². The molecule has 0 amide bonds. The molecule has 0 heterocycles. The summed E-state index contributed by atoms with van der Waals surface area (Å²) in [5.74, 6) is 0.319. The quantitative estimate of drug-likeness (QED) is 0.109. The van der Waals surface area contributed by atoms with Crippen LogP contribution in [0.5, 0.6) is 0 Å². The van der Waals surface area contributed by atoms with Gasteiger partial charge in [0.2, 0.25) is 0 Å². The molecule has 0 radical (unpaired) electrons. The Hall–Kier alpha value is -3.56. The van der Waals surface area contributed by atoms with Crippen LogP contribution in [0.15, 0.2) is 140 Å². The van der Waals surface area contributed by atoms with Crippen molar-refractivity contribution in [3.05, 3.63) is 190 Å². The molecule has 0 fully saturated rings. The third kappa shape index (κ3) is 9.95. The van der Waals surface area contributed by atoms with E-state index in [4.69, 9.17) is 0 Å². The standard InChI is InChI=1S/C45H48P2.C5H6.Fe/c1-29-17-30(2)22-38(21-29)46(39-23-31(3)18-32(4)24-39)37(9)42-14-12-15-43(42)44-13-10-11-16-45(44)47(40-25-33(5)19-34(6)26-40)41-27-35(7)20-36(8)28-41;1-2-4-5-3-1;/h10-28,37,42H,1-9H3;1-4H,5H2;/t37-,42?;;/m0../s1. The van der Waals surface area contributed by atoms with Crippen molar-refractivity contribution in [2.24, 2.45) is 5.92 Å². The second kappa shape index (κ2) is 18.2. The molecule has 0 saturated carbocycles. The number of allylic oxidation sites excluding steroid dienone is 8. The predicted octanol–water partition coefficient (Wildman–Crippen LogP) is 11.5. The molecule has 0 spiro atoms. The first-order valence-corrected chi connectivity index (χ1v) is 21.4. The Kier molecular flexibility index (Phi) is 13.9. The van der Waals surface area contributed by atoms with Crippen molar-refractivity contribution >= 4 is 47.9 Å². The summed E-state index contributed by atoms with van der Waals surface area (Å²) >= 11 is 0. The minimum Gasteiger partial charge on any atom is -0.0808 e. The molecule has 5 aromatic rings. The fourth-order valence-corrected chi connectivity index (χ4v) is 14.1. The molecule has 5 aromatic carbocycles. The molecule has 272 valence electrons. The monoisotopic (exact) mass is 772 g/mol. The zero-order valence-corrected chi connectivity index (χ0v) is 35.8. The van der Waals surface area contributed by atoms with Crippen molar-refractivity contribution in [1.29, 1.82) is 0 Å². The molecular weight excluding hydrogens is 718 g/mol. The van der Waals surface area contributed by atoms with Crippen LogP contribution in [0.3, 0.4) is 0 Å². The Morgan fingerprint density at radius 3 is 1.30 bits per heavy atom. The maximum atomic E-state index is 2.51. The summed E-state index contributed by atoms with van der Waals surface area (Å²) in [5.41, 5.74) is 14.0. The summed E-state index contributed by atoms with van der Waals surface area (Å²) in [4.78, 5) is 0. The SMILES string of the molecule is C1=CCC=C1.Cc1cc(C)cc(P(c2cc(C)cc(C)c2)c2ccccc2C2=CC=CC2[C@H](C)P(c2cc(C)cc(C)c2)c2cc(C)cc(C)c2)c1.[Fe]. The van der Waals surface area contributed by atoms with Gasteiger partial charge in [0, 0.05) is 23.0 Å². The Bertz CT molecular complexity index is 2010. The van der Waals surface area contributed by atoms with Gasteiger partial charge in [0.1, 0.15) is 0 Å². The average molecular weight is 773 g/mol. The van der Waals surface area contributed by atoms with Gasteiger partial charge < -0.3 is 0 Å². The largest absolute Gasteiger partial charge is 0.0808 e. The summed E-state index contributed by atoms with van der Waals surface area (Å²) in [7, 11) is -1.39. The van der Waals surface area contributed by atoms with Gasteiger partial charge in [-0.2, -0.15) is 0 Å². The topological polar surface area (TPSA) is 0 Å². The second-order valence-electron chi connectivity index (χ2n) is 15.0. The number of benzene rings is 5. The van der Waals surface area contributed by atoms with Gasteiger partial charge in [-0.05, 0) is 121 Å². The maximum Gasteiger partial charge on any atom is 0.00982 e. The Morgan fingerprint density at radius 1 is 0.509 bits per heavy atom. The number of hydrogen-bond donors (Lipinski definition) is 0. The Morgan fingerprint density at radius 2 is 0.906 bits per heavy atom. The zero-order chi connectivity index (χ0) is 36.9. The van der Waals surface area contributed by atoms with E-state index < -0.39 is 15.8 Å². The summed E-state index contributed by atoms with van der Waals surface area (Å²) in [6, 6.07) is 38.0. The van der Waals surface area contributed by atoms with Crippen molar-refractivity contribution < 1.29 is 17.1 Å². The molecule has 2 aliphatic rings. The fraction of sp³-hybridized carbons (Fsp3) is 0.240. The number of aryl methyl sites for hydroxylation is 8. The number of rotatable bonds is 8. The van der Waals surface area contributed by atoms with E-state index in [1.165, 1.54) is 82.2 Å². The molecule has 2 aliphatic carbocycles. The number of hydrogen-bond acceptors (Lipinski definition) is 0. The van der Waals surface area contributed by atoms with E-state index in [2.05, 4.69) is 202 Å². The summed E-state index contributed by atoms with van der Waals surface area (Å²) in [5, 5.41) is 7.27. The molecule has 53 heavy (non-hydrogen) atoms. The van der Waals surface area contributed by atoms with Crippen LogP contribution in [0.4, 0.5) is 0 Å². The van der Waals surface area contributed by atoms with E-state index in [1.54, 1.807) is 0 Å². The predicted molar refractivity (Wildman–Crippen MR) is 235 cm³/mol. The van der Waals surface area contributed by atoms with Crippen molar-refractivity contribution in [3.63, 3.8) is 0 Å². The van der Waals surface area contributed by atoms with E-state index in [1.807, 2.05) is 0 Å². The van der Waals surface area contributed by atoms with Crippen LogP contribution in [0.2, 0.25) is 0 Å². The molecule has 7 rings (SSSR count). The van der Waals surface area contributed by atoms with Crippen molar-refractivity contribution in [2.45, 2.75) is 74.4 Å². The van der Waals surface area contributed by atoms with Crippen LogP contribution in [0.25, 0.3) is 5.57 Å². The summed E-state index contributed by atoms with van der Waals surface area (Å²) in [6.07, 6.45) is 16.7. The van der Waals surface area contributed by atoms with Crippen LogP contribution < -0.4 is 26.5 Å². The first-order valence-electron chi connectivity index (χ1n) is 18.7. The smallest absolute Gasteiger partial charge is 0.00982 e. The van der Waals surface area contributed by atoms with Crippen molar-refractivity contribution in [1.82, 2.24) is 0 Å². The van der Waals surface area contributed by atoms with Gasteiger partial charge in [-0.1, -0.05) is 191 Å². The second-order valence-corrected chi connectivity index (χ2v) is 19.7. The van der Waals surface area contributed by atoms with E-state index in [-0.39, 0.29) is 17.1 Å².